The molecule has 0 amide bonds. The summed E-state index contributed by atoms with van der Waals surface area (Å²) in [6.45, 7) is 0.802. The van der Waals surface area contributed by atoms with E-state index in [0.29, 0.717) is 0 Å². The molecule has 2 heterocycles. The Bertz CT molecular complexity index is 1260. The van der Waals surface area contributed by atoms with E-state index in [1.165, 1.54) is 33.4 Å². The second kappa shape index (κ2) is 7.86. The molecule has 4 aromatic rings. The van der Waals surface area contributed by atoms with Crippen molar-refractivity contribution in [2.75, 3.05) is 20.7 Å². The van der Waals surface area contributed by atoms with Gasteiger partial charge in [0.05, 0.1) is 17.8 Å². The van der Waals surface area contributed by atoms with Crippen molar-refractivity contribution >= 4 is 10.9 Å². The van der Waals surface area contributed by atoms with E-state index < -0.39 is 0 Å². The zero-order valence-electron chi connectivity index (χ0n) is 19.6. The van der Waals surface area contributed by atoms with Gasteiger partial charge in [0.15, 0.2) is 0 Å². The van der Waals surface area contributed by atoms with Gasteiger partial charge in [-0.1, -0.05) is 66.7 Å². The largest absolute Gasteiger partial charge is 0.368 e. The van der Waals surface area contributed by atoms with E-state index in [0.717, 1.165) is 38.7 Å². The van der Waals surface area contributed by atoms with Crippen LogP contribution in [0.1, 0.15) is 42.5 Å². The summed E-state index contributed by atoms with van der Waals surface area (Å²) in [5.41, 5.74) is 6.63. The van der Waals surface area contributed by atoms with Crippen LogP contribution < -0.4 is 0 Å². The van der Waals surface area contributed by atoms with Gasteiger partial charge in [0.25, 0.3) is 0 Å². The van der Waals surface area contributed by atoms with Gasteiger partial charge in [0.2, 0.25) is 0 Å². The van der Waals surface area contributed by atoms with Crippen molar-refractivity contribution in [3.63, 3.8) is 0 Å². The molecule has 1 saturated carbocycles. The van der Waals surface area contributed by atoms with Gasteiger partial charge in [-0.05, 0) is 75.5 Å². The molecule has 3 heteroatoms. The van der Waals surface area contributed by atoms with Gasteiger partial charge in [-0.2, -0.15) is 0 Å². The lowest BCUT2D eigenvalue weighted by Crippen LogP contribution is -2.50. The number of hydrogen-bond acceptors (Lipinski definition) is 2. The molecule has 0 radical (unpaired) electrons. The molecule has 168 valence electrons. The first-order valence-electron chi connectivity index (χ1n) is 12.2. The topological polar surface area (TPSA) is 17.4 Å². The SMILES string of the molecule is CN(C)C1(c2ccccc2)CCC2(CC1)OCCc1c2n(-c2ccccc2)c2ccccc12. The van der Waals surface area contributed by atoms with Gasteiger partial charge < -0.3 is 9.30 Å². The molecule has 0 N–H and O–H groups in total. The summed E-state index contributed by atoms with van der Waals surface area (Å²) < 4.78 is 9.29. The Labute approximate surface area is 196 Å². The third-order valence-electron chi connectivity index (χ3n) is 8.21. The summed E-state index contributed by atoms with van der Waals surface area (Å²) in [5.74, 6) is 0. The summed E-state index contributed by atoms with van der Waals surface area (Å²) in [4.78, 5) is 2.44. The highest BCUT2D eigenvalue weighted by Crippen LogP contribution is 2.53. The lowest BCUT2D eigenvalue weighted by molar-refractivity contribution is -0.114. The lowest BCUT2D eigenvalue weighted by Gasteiger charge is -2.51. The zero-order valence-corrected chi connectivity index (χ0v) is 19.6. The minimum Gasteiger partial charge on any atom is -0.368 e. The van der Waals surface area contributed by atoms with Crippen molar-refractivity contribution in [3.05, 3.63) is 102 Å². The Morgan fingerprint density at radius 2 is 1.39 bits per heavy atom. The molecule has 3 nitrogen and oxygen atoms in total. The molecule has 1 aliphatic carbocycles. The highest BCUT2D eigenvalue weighted by molar-refractivity contribution is 5.88. The Balaban J connectivity index is 1.50. The van der Waals surface area contributed by atoms with Gasteiger partial charge in [-0.25, -0.2) is 0 Å². The summed E-state index contributed by atoms with van der Waals surface area (Å²) in [5, 5.41) is 1.38. The second-order valence-electron chi connectivity index (χ2n) is 9.90. The van der Waals surface area contributed by atoms with Crippen LogP contribution in [0.3, 0.4) is 0 Å². The molecule has 1 fully saturated rings. The Morgan fingerprint density at radius 1 is 0.758 bits per heavy atom. The van der Waals surface area contributed by atoms with Crippen LogP contribution in [0.4, 0.5) is 0 Å². The average Bonchev–Trinajstić information content (AvgIpc) is 3.22. The molecule has 33 heavy (non-hydrogen) atoms. The van der Waals surface area contributed by atoms with E-state index >= 15 is 0 Å². The predicted molar refractivity (Wildman–Crippen MR) is 135 cm³/mol. The molecule has 1 spiro atoms. The van der Waals surface area contributed by atoms with Crippen molar-refractivity contribution in [1.29, 1.82) is 0 Å². The molecule has 0 bridgehead atoms. The van der Waals surface area contributed by atoms with Crippen molar-refractivity contribution < 1.29 is 4.74 Å². The number of aromatic nitrogens is 1. The zero-order chi connectivity index (χ0) is 22.5. The maximum atomic E-state index is 6.79. The Kier molecular flexibility index (Phi) is 4.93. The second-order valence-corrected chi connectivity index (χ2v) is 9.90. The average molecular weight is 437 g/mol. The van der Waals surface area contributed by atoms with E-state index in [1.807, 2.05) is 0 Å². The van der Waals surface area contributed by atoms with Crippen LogP contribution in [0.15, 0.2) is 84.9 Å². The summed E-state index contributed by atoms with van der Waals surface area (Å²) >= 11 is 0. The Morgan fingerprint density at radius 3 is 2.09 bits per heavy atom. The van der Waals surface area contributed by atoms with E-state index in [-0.39, 0.29) is 11.1 Å². The molecule has 1 aromatic heterocycles. The van der Waals surface area contributed by atoms with Crippen LogP contribution in [0.2, 0.25) is 0 Å². The third kappa shape index (κ3) is 3.10. The standard InChI is InChI=1S/C30H32N2O/c1-31(2)29(23-11-5-3-6-12-23)18-20-30(21-19-29)28-26(17-22-33-30)25-15-9-10-16-27(25)32(28)24-13-7-4-8-14-24/h3-16H,17-22H2,1-2H3. The van der Waals surface area contributed by atoms with E-state index in [9.17, 15) is 0 Å². The molecule has 0 atom stereocenters. The first-order chi connectivity index (χ1) is 16.1. The molecule has 3 aromatic carbocycles. The number of benzene rings is 3. The quantitative estimate of drug-likeness (QED) is 0.368. The van der Waals surface area contributed by atoms with Crippen molar-refractivity contribution in [1.82, 2.24) is 9.47 Å². The number of para-hydroxylation sites is 2. The van der Waals surface area contributed by atoms with Gasteiger partial charge in [0.1, 0.15) is 5.60 Å². The molecule has 6 rings (SSSR count). The van der Waals surface area contributed by atoms with Crippen LogP contribution >= 0.6 is 0 Å². The molecular formula is C30H32N2O. The molecule has 2 aliphatic rings. The van der Waals surface area contributed by atoms with E-state index in [2.05, 4.69) is 108 Å². The maximum Gasteiger partial charge on any atom is 0.109 e. The molecular weight excluding hydrogens is 404 g/mol. The number of nitrogens with zero attached hydrogens (tertiary/aromatic N) is 2. The first-order valence-corrected chi connectivity index (χ1v) is 12.2. The van der Waals surface area contributed by atoms with Crippen LogP contribution in [0.5, 0.6) is 0 Å². The van der Waals surface area contributed by atoms with Crippen molar-refractivity contribution in [2.24, 2.45) is 0 Å². The molecule has 0 unspecified atom stereocenters. The molecule has 1 aliphatic heterocycles. The summed E-state index contributed by atoms with van der Waals surface area (Å²) in [6.07, 6.45) is 5.20. The highest BCUT2D eigenvalue weighted by atomic mass is 16.5. The van der Waals surface area contributed by atoms with E-state index in [1.54, 1.807) is 0 Å². The van der Waals surface area contributed by atoms with Gasteiger partial charge in [0, 0.05) is 16.6 Å². The van der Waals surface area contributed by atoms with Crippen LogP contribution in [-0.2, 0) is 22.3 Å². The number of hydrogen-bond donors (Lipinski definition) is 0. The van der Waals surface area contributed by atoms with Gasteiger partial charge >= 0.3 is 0 Å². The minimum atomic E-state index is -0.239. The number of ether oxygens (including phenoxy) is 1. The maximum absolute atomic E-state index is 6.79. The van der Waals surface area contributed by atoms with Crippen molar-refractivity contribution in [2.45, 2.75) is 43.2 Å². The van der Waals surface area contributed by atoms with Gasteiger partial charge in [-0.15, -0.1) is 0 Å². The fraction of sp³-hybridized carbons (Fsp3) is 0.333. The smallest absolute Gasteiger partial charge is 0.109 e. The van der Waals surface area contributed by atoms with Crippen LogP contribution in [-0.4, -0.2) is 30.2 Å². The van der Waals surface area contributed by atoms with Crippen LogP contribution in [0, 0.1) is 0 Å². The highest BCUT2D eigenvalue weighted by Gasteiger charge is 2.50. The summed E-state index contributed by atoms with van der Waals surface area (Å²) in [6, 6.07) is 30.8. The van der Waals surface area contributed by atoms with Gasteiger partial charge in [-0.3, -0.25) is 4.90 Å². The predicted octanol–water partition coefficient (Wildman–Crippen LogP) is 6.43. The normalized spacial score (nSPS) is 24.9. The van der Waals surface area contributed by atoms with Crippen LogP contribution in [0.25, 0.3) is 16.6 Å². The number of rotatable bonds is 3. The summed E-state index contributed by atoms with van der Waals surface area (Å²) in [7, 11) is 4.47. The third-order valence-corrected chi connectivity index (χ3v) is 8.21. The fourth-order valence-corrected chi connectivity index (χ4v) is 6.49. The fourth-order valence-electron chi connectivity index (χ4n) is 6.49. The monoisotopic (exact) mass is 436 g/mol. The van der Waals surface area contributed by atoms with Crippen molar-refractivity contribution in [3.8, 4) is 5.69 Å². The Hall–Kier alpha value is -2.88. The first kappa shape index (κ1) is 20.7. The van der Waals surface area contributed by atoms with E-state index in [4.69, 9.17) is 4.74 Å². The molecule has 0 saturated heterocycles. The lowest BCUT2D eigenvalue weighted by atomic mass is 9.68. The minimum absolute atomic E-state index is 0.0527. The number of fused-ring (bicyclic) bond motifs is 4.